The van der Waals surface area contributed by atoms with E-state index < -0.39 is 17.8 Å². The zero-order valence-corrected chi connectivity index (χ0v) is 17.3. The Morgan fingerprint density at radius 2 is 2.13 bits per heavy atom. The number of aromatic hydroxyl groups is 1. The third kappa shape index (κ3) is 3.86. The Bertz CT molecular complexity index is 912. The fourth-order valence-electron chi connectivity index (χ4n) is 4.61. The Balaban J connectivity index is 1.70. The van der Waals surface area contributed by atoms with Gasteiger partial charge in [0, 0.05) is 35.9 Å². The standard InChI is InChI=1S/C23H27NO6/c1-13-20(23(27)30-12-15-5-4-10-29-15)21(14-8-9-19(28-2)18(26)11-14)22-16(24-13)6-3-7-17(22)25/h8-9,11,15,20-21,26H,3-7,10,12H2,1-2H3/t15-,20?,21-/m1/s1. The molecule has 2 heterocycles. The average Bonchev–Trinajstić information content (AvgIpc) is 3.25. The first-order chi connectivity index (χ1) is 14.5. The van der Waals surface area contributed by atoms with E-state index in [9.17, 15) is 14.7 Å². The maximum absolute atomic E-state index is 13.2. The van der Waals surface area contributed by atoms with Crippen molar-refractivity contribution in [2.24, 2.45) is 10.9 Å². The van der Waals surface area contributed by atoms with Crippen molar-refractivity contribution in [3.05, 3.63) is 35.0 Å². The summed E-state index contributed by atoms with van der Waals surface area (Å²) in [5, 5.41) is 10.3. The molecule has 7 nitrogen and oxygen atoms in total. The summed E-state index contributed by atoms with van der Waals surface area (Å²) in [6.07, 6.45) is 3.64. The van der Waals surface area contributed by atoms with E-state index in [0.29, 0.717) is 42.0 Å². The van der Waals surface area contributed by atoms with Crippen LogP contribution in [0.4, 0.5) is 0 Å². The van der Waals surface area contributed by atoms with Gasteiger partial charge in [0.1, 0.15) is 12.5 Å². The predicted octanol–water partition coefficient (Wildman–Crippen LogP) is 3.30. The molecule has 1 fully saturated rings. The number of allylic oxidation sites excluding steroid dienone is 2. The molecule has 1 aromatic rings. The Hall–Kier alpha value is -2.67. The molecule has 0 radical (unpaired) electrons. The van der Waals surface area contributed by atoms with Crippen molar-refractivity contribution in [2.45, 2.75) is 51.0 Å². The molecule has 0 aromatic heterocycles. The number of phenols is 1. The van der Waals surface area contributed by atoms with Crippen LogP contribution < -0.4 is 4.74 Å². The third-order valence-electron chi connectivity index (χ3n) is 6.09. The Morgan fingerprint density at radius 3 is 2.83 bits per heavy atom. The van der Waals surface area contributed by atoms with E-state index in [-0.39, 0.29) is 24.2 Å². The van der Waals surface area contributed by atoms with Crippen molar-refractivity contribution >= 4 is 17.5 Å². The highest BCUT2D eigenvalue weighted by Crippen LogP contribution is 2.45. The first-order valence-electron chi connectivity index (χ1n) is 10.5. The van der Waals surface area contributed by atoms with Crippen LogP contribution in [0.25, 0.3) is 0 Å². The molecule has 4 rings (SSSR count). The summed E-state index contributed by atoms with van der Waals surface area (Å²) in [5.74, 6) is -1.38. The lowest BCUT2D eigenvalue weighted by Gasteiger charge is -2.34. The van der Waals surface area contributed by atoms with Crippen molar-refractivity contribution in [3.8, 4) is 11.5 Å². The number of carbonyl (C=O) groups excluding carboxylic acids is 2. The predicted molar refractivity (Wildman–Crippen MR) is 110 cm³/mol. The molecule has 7 heteroatoms. The molecule has 0 bridgehead atoms. The quantitative estimate of drug-likeness (QED) is 0.745. The monoisotopic (exact) mass is 413 g/mol. The maximum atomic E-state index is 13.2. The van der Waals surface area contributed by atoms with Crippen LogP contribution in [0.1, 0.15) is 50.5 Å². The molecule has 1 N–H and O–H groups in total. The molecule has 0 spiro atoms. The second kappa shape index (κ2) is 8.60. The molecule has 1 aliphatic carbocycles. The minimum Gasteiger partial charge on any atom is -0.504 e. The summed E-state index contributed by atoms with van der Waals surface area (Å²) in [5.41, 5.74) is 2.60. The molecular weight excluding hydrogens is 386 g/mol. The number of Topliss-reactive ketones (excluding diaryl/α,β-unsaturated/α-hetero) is 1. The molecule has 1 aromatic carbocycles. The lowest BCUT2D eigenvalue weighted by Crippen LogP contribution is -2.38. The fraction of sp³-hybridized carbons (Fsp3) is 0.522. The van der Waals surface area contributed by atoms with E-state index in [1.807, 2.05) is 0 Å². The van der Waals surface area contributed by atoms with Crippen LogP contribution in [0.5, 0.6) is 11.5 Å². The topological polar surface area (TPSA) is 94.4 Å². The summed E-state index contributed by atoms with van der Waals surface area (Å²) in [7, 11) is 1.47. The van der Waals surface area contributed by atoms with E-state index in [2.05, 4.69) is 4.99 Å². The zero-order chi connectivity index (χ0) is 21.3. The summed E-state index contributed by atoms with van der Waals surface area (Å²) in [6, 6.07) is 5.00. The number of phenolic OH excluding ortho intramolecular Hbond substituents is 1. The number of hydrogen-bond donors (Lipinski definition) is 1. The van der Waals surface area contributed by atoms with Gasteiger partial charge in [0.25, 0.3) is 0 Å². The number of rotatable bonds is 5. The smallest absolute Gasteiger partial charge is 0.315 e. The first kappa shape index (κ1) is 20.6. The summed E-state index contributed by atoms with van der Waals surface area (Å²) < 4.78 is 16.3. The van der Waals surface area contributed by atoms with Crippen LogP contribution in [-0.2, 0) is 19.1 Å². The van der Waals surface area contributed by atoms with E-state index in [0.717, 1.165) is 25.0 Å². The van der Waals surface area contributed by atoms with Crippen molar-refractivity contribution < 1.29 is 28.9 Å². The summed E-state index contributed by atoms with van der Waals surface area (Å²) >= 11 is 0. The largest absolute Gasteiger partial charge is 0.504 e. The minimum absolute atomic E-state index is 0.00438. The fourth-order valence-corrected chi connectivity index (χ4v) is 4.61. The van der Waals surface area contributed by atoms with Crippen molar-refractivity contribution in [1.29, 1.82) is 0 Å². The van der Waals surface area contributed by atoms with Gasteiger partial charge in [-0.3, -0.25) is 14.6 Å². The Labute approximate surface area is 175 Å². The molecule has 0 saturated carbocycles. The number of esters is 1. The number of ketones is 1. The normalized spacial score (nSPS) is 26.3. The maximum Gasteiger partial charge on any atom is 0.315 e. The van der Waals surface area contributed by atoms with Gasteiger partial charge in [-0.05, 0) is 50.3 Å². The minimum atomic E-state index is -0.722. The lowest BCUT2D eigenvalue weighted by atomic mass is 9.71. The third-order valence-corrected chi connectivity index (χ3v) is 6.09. The van der Waals surface area contributed by atoms with E-state index in [1.54, 1.807) is 25.1 Å². The van der Waals surface area contributed by atoms with Crippen molar-refractivity contribution in [3.63, 3.8) is 0 Å². The molecule has 1 saturated heterocycles. The number of methoxy groups -OCH3 is 1. The summed E-state index contributed by atoms with van der Waals surface area (Å²) in [4.78, 5) is 30.7. The van der Waals surface area contributed by atoms with Crippen LogP contribution in [0.15, 0.2) is 34.5 Å². The van der Waals surface area contributed by atoms with Crippen LogP contribution in [0.3, 0.4) is 0 Å². The first-order valence-corrected chi connectivity index (χ1v) is 10.5. The van der Waals surface area contributed by atoms with Crippen molar-refractivity contribution in [2.75, 3.05) is 20.3 Å². The highest BCUT2D eigenvalue weighted by Gasteiger charge is 2.43. The van der Waals surface area contributed by atoms with Gasteiger partial charge < -0.3 is 19.3 Å². The average molecular weight is 413 g/mol. The van der Waals surface area contributed by atoms with Crippen LogP contribution >= 0.6 is 0 Å². The van der Waals surface area contributed by atoms with Crippen LogP contribution in [0.2, 0.25) is 0 Å². The molecule has 1 unspecified atom stereocenters. The molecule has 160 valence electrons. The second-order valence-electron chi connectivity index (χ2n) is 8.04. The Morgan fingerprint density at radius 1 is 1.30 bits per heavy atom. The SMILES string of the molecule is COc1ccc([C@H]2C3=C(CCCC3=O)N=C(C)C2C(=O)OC[C@H]2CCCO2)cc1O. The number of benzene rings is 1. The van der Waals surface area contributed by atoms with E-state index in [1.165, 1.54) is 7.11 Å². The van der Waals surface area contributed by atoms with E-state index in [4.69, 9.17) is 14.2 Å². The van der Waals surface area contributed by atoms with Gasteiger partial charge in [0.15, 0.2) is 17.3 Å². The number of ether oxygens (including phenoxy) is 3. The number of aliphatic imine (C=N–C) groups is 1. The molecule has 2 aliphatic heterocycles. The number of carbonyl (C=O) groups is 2. The van der Waals surface area contributed by atoms with Gasteiger partial charge in [-0.25, -0.2) is 0 Å². The Kier molecular flexibility index (Phi) is 5.90. The molecule has 3 aliphatic rings. The van der Waals surface area contributed by atoms with E-state index >= 15 is 0 Å². The highest BCUT2D eigenvalue weighted by atomic mass is 16.6. The number of hydrogen-bond acceptors (Lipinski definition) is 7. The van der Waals surface area contributed by atoms with Crippen LogP contribution in [-0.4, -0.2) is 49.0 Å². The molecular formula is C23H27NO6. The highest BCUT2D eigenvalue weighted by molar-refractivity contribution is 6.08. The van der Waals surface area contributed by atoms with Gasteiger partial charge in [-0.1, -0.05) is 6.07 Å². The summed E-state index contributed by atoms with van der Waals surface area (Å²) in [6.45, 7) is 2.69. The van der Waals surface area contributed by atoms with Crippen LogP contribution in [0, 0.1) is 5.92 Å². The van der Waals surface area contributed by atoms with Gasteiger partial charge in [0.05, 0.1) is 13.2 Å². The van der Waals surface area contributed by atoms with Gasteiger partial charge >= 0.3 is 5.97 Å². The van der Waals surface area contributed by atoms with Gasteiger partial charge in [0.2, 0.25) is 0 Å². The van der Waals surface area contributed by atoms with Crippen molar-refractivity contribution in [1.82, 2.24) is 0 Å². The molecule has 0 amide bonds. The molecule has 30 heavy (non-hydrogen) atoms. The molecule has 3 atom stereocenters. The zero-order valence-electron chi connectivity index (χ0n) is 17.3. The lowest BCUT2D eigenvalue weighted by molar-refractivity contribution is -0.149. The number of nitrogens with zero attached hydrogens (tertiary/aromatic N) is 1. The van der Waals surface area contributed by atoms with Gasteiger partial charge in [-0.2, -0.15) is 0 Å². The second-order valence-corrected chi connectivity index (χ2v) is 8.04. The van der Waals surface area contributed by atoms with Gasteiger partial charge in [-0.15, -0.1) is 0 Å².